The highest BCUT2D eigenvalue weighted by Gasteiger charge is 2.17. The SMILES string of the molecule is CCc1cc(SC(CC)C(=O)O)ncn1. The molecule has 0 bridgehead atoms. The lowest BCUT2D eigenvalue weighted by atomic mass is 10.3. The summed E-state index contributed by atoms with van der Waals surface area (Å²) in [7, 11) is 0. The molecule has 1 unspecified atom stereocenters. The van der Waals surface area contributed by atoms with Gasteiger partial charge in [-0.25, -0.2) is 9.97 Å². The lowest BCUT2D eigenvalue weighted by Gasteiger charge is -2.08. The van der Waals surface area contributed by atoms with Crippen LogP contribution in [0.1, 0.15) is 26.0 Å². The van der Waals surface area contributed by atoms with E-state index in [1.165, 1.54) is 18.1 Å². The first-order valence-electron chi connectivity index (χ1n) is 4.87. The van der Waals surface area contributed by atoms with Crippen molar-refractivity contribution in [3.8, 4) is 0 Å². The Labute approximate surface area is 93.1 Å². The van der Waals surface area contributed by atoms with Crippen molar-refractivity contribution in [2.45, 2.75) is 37.0 Å². The zero-order valence-corrected chi connectivity index (χ0v) is 9.62. The smallest absolute Gasteiger partial charge is 0.317 e. The molecular formula is C10H14N2O2S. The van der Waals surface area contributed by atoms with E-state index in [-0.39, 0.29) is 0 Å². The molecule has 1 aromatic heterocycles. The van der Waals surface area contributed by atoms with Gasteiger partial charge in [-0.3, -0.25) is 4.79 Å². The Hall–Kier alpha value is -1.10. The third kappa shape index (κ3) is 3.51. The highest BCUT2D eigenvalue weighted by atomic mass is 32.2. The molecule has 5 heteroatoms. The lowest BCUT2D eigenvalue weighted by Crippen LogP contribution is -2.15. The first-order valence-corrected chi connectivity index (χ1v) is 5.75. The monoisotopic (exact) mass is 226 g/mol. The number of nitrogens with zero attached hydrogens (tertiary/aromatic N) is 2. The van der Waals surface area contributed by atoms with Crippen molar-refractivity contribution in [2.75, 3.05) is 0 Å². The van der Waals surface area contributed by atoms with Crippen LogP contribution in [0, 0.1) is 0 Å². The number of aryl methyl sites for hydroxylation is 1. The van der Waals surface area contributed by atoms with Gasteiger partial charge in [-0.05, 0) is 18.9 Å². The second-order valence-electron chi connectivity index (χ2n) is 3.05. The molecule has 1 rings (SSSR count). The van der Waals surface area contributed by atoms with E-state index in [2.05, 4.69) is 9.97 Å². The predicted molar refractivity (Wildman–Crippen MR) is 59.0 cm³/mol. The Morgan fingerprint density at radius 3 is 2.80 bits per heavy atom. The summed E-state index contributed by atoms with van der Waals surface area (Å²) in [5.41, 5.74) is 0.938. The molecule has 1 aromatic rings. The molecule has 0 aromatic carbocycles. The summed E-state index contributed by atoms with van der Waals surface area (Å²) in [6.07, 6.45) is 2.90. The molecule has 0 amide bonds. The van der Waals surface area contributed by atoms with Crippen LogP contribution in [0.4, 0.5) is 0 Å². The number of aromatic nitrogens is 2. The molecule has 0 aliphatic carbocycles. The van der Waals surface area contributed by atoms with Crippen LogP contribution in [-0.2, 0) is 11.2 Å². The van der Waals surface area contributed by atoms with Gasteiger partial charge in [0.1, 0.15) is 16.6 Å². The maximum absolute atomic E-state index is 10.8. The second-order valence-corrected chi connectivity index (χ2v) is 4.28. The Bertz CT molecular complexity index is 344. The van der Waals surface area contributed by atoms with Crippen LogP contribution in [-0.4, -0.2) is 26.3 Å². The third-order valence-corrected chi connectivity index (χ3v) is 3.25. The summed E-state index contributed by atoms with van der Waals surface area (Å²) in [5, 5.41) is 9.20. The maximum Gasteiger partial charge on any atom is 0.317 e. The molecule has 1 atom stereocenters. The molecule has 0 saturated heterocycles. The van der Waals surface area contributed by atoms with Crippen molar-refractivity contribution in [3.63, 3.8) is 0 Å². The highest BCUT2D eigenvalue weighted by Crippen LogP contribution is 2.23. The van der Waals surface area contributed by atoms with Gasteiger partial charge in [-0.15, -0.1) is 0 Å². The van der Waals surface area contributed by atoms with Crippen molar-refractivity contribution in [2.24, 2.45) is 0 Å². The maximum atomic E-state index is 10.8. The zero-order valence-electron chi connectivity index (χ0n) is 8.80. The van der Waals surface area contributed by atoms with E-state index in [0.29, 0.717) is 6.42 Å². The van der Waals surface area contributed by atoms with Crippen LogP contribution in [0.5, 0.6) is 0 Å². The van der Waals surface area contributed by atoms with Gasteiger partial charge in [0.2, 0.25) is 0 Å². The van der Waals surface area contributed by atoms with Crippen LogP contribution < -0.4 is 0 Å². The fraction of sp³-hybridized carbons (Fsp3) is 0.500. The van der Waals surface area contributed by atoms with Crippen molar-refractivity contribution >= 4 is 17.7 Å². The number of hydrogen-bond donors (Lipinski definition) is 1. The number of carbonyl (C=O) groups is 1. The fourth-order valence-electron chi connectivity index (χ4n) is 1.09. The Morgan fingerprint density at radius 1 is 1.53 bits per heavy atom. The molecule has 15 heavy (non-hydrogen) atoms. The summed E-state index contributed by atoms with van der Waals surface area (Å²) in [6.45, 7) is 3.86. The van der Waals surface area contributed by atoms with Gasteiger partial charge >= 0.3 is 5.97 Å². The molecule has 0 aliphatic rings. The van der Waals surface area contributed by atoms with Gasteiger partial charge in [-0.1, -0.05) is 25.6 Å². The largest absolute Gasteiger partial charge is 0.480 e. The Kier molecular flexibility index (Phi) is 4.55. The number of rotatable bonds is 5. The molecule has 0 saturated carbocycles. The molecule has 0 radical (unpaired) electrons. The minimum atomic E-state index is -0.792. The Balaban J connectivity index is 2.74. The van der Waals surface area contributed by atoms with E-state index in [1.807, 2.05) is 19.9 Å². The van der Waals surface area contributed by atoms with E-state index < -0.39 is 11.2 Å². The molecule has 0 aliphatic heterocycles. The first-order chi connectivity index (χ1) is 7.17. The standard InChI is InChI=1S/C10H14N2O2S/c1-3-7-5-9(12-6-11-7)15-8(4-2)10(13)14/h5-6,8H,3-4H2,1-2H3,(H,13,14). The van der Waals surface area contributed by atoms with E-state index in [1.54, 1.807) is 0 Å². The van der Waals surface area contributed by atoms with Crippen LogP contribution in [0.25, 0.3) is 0 Å². The lowest BCUT2D eigenvalue weighted by molar-refractivity contribution is -0.136. The van der Waals surface area contributed by atoms with Crippen molar-refractivity contribution in [3.05, 3.63) is 18.1 Å². The number of thioether (sulfide) groups is 1. The summed E-state index contributed by atoms with van der Waals surface area (Å²) in [5.74, 6) is -0.792. The summed E-state index contributed by atoms with van der Waals surface area (Å²) in [4.78, 5) is 18.9. The number of carboxylic acid groups (broad SMARTS) is 1. The first kappa shape index (κ1) is 12.0. The van der Waals surface area contributed by atoms with E-state index >= 15 is 0 Å². The normalized spacial score (nSPS) is 12.4. The molecule has 1 N–H and O–H groups in total. The van der Waals surface area contributed by atoms with E-state index in [4.69, 9.17) is 5.11 Å². The predicted octanol–water partition coefficient (Wildman–Crippen LogP) is 1.99. The van der Waals surface area contributed by atoms with E-state index in [0.717, 1.165) is 17.1 Å². The molecule has 1 heterocycles. The minimum absolute atomic E-state index is 0.426. The van der Waals surface area contributed by atoms with Gasteiger partial charge in [0.05, 0.1) is 0 Å². The molecule has 0 spiro atoms. The van der Waals surface area contributed by atoms with Crippen LogP contribution in [0.2, 0.25) is 0 Å². The van der Waals surface area contributed by atoms with Crippen LogP contribution in [0.3, 0.4) is 0 Å². The number of hydrogen-bond acceptors (Lipinski definition) is 4. The van der Waals surface area contributed by atoms with E-state index in [9.17, 15) is 4.79 Å². The van der Waals surface area contributed by atoms with Crippen molar-refractivity contribution in [1.29, 1.82) is 0 Å². The number of aliphatic carboxylic acids is 1. The quantitative estimate of drug-likeness (QED) is 0.614. The topological polar surface area (TPSA) is 63.1 Å². The summed E-state index contributed by atoms with van der Waals surface area (Å²) in [6, 6.07) is 1.84. The highest BCUT2D eigenvalue weighted by molar-refractivity contribution is 8.00. The van der Waals surface area contributed by atoms with Gasteiger partial charge in [0.15, 0.2) is 0 Å². The van der Waals surface area contributed by atoms with Gasteiger partial charge < -0.3 is 5.11 Å². The number of carboxylic acids is 1. The average molecular weight is 226 g/mol. The molecule has 82 valence electrons. The third-order valence-electron chi connectivity index (χ3n) is 1.97. The summed E-state index contributed by atoms with van der Waals surface area (Å²) >= 11 is 1.28. The molecule has 0 fully saturated rings. The molecule has 4 nitrogen and oxygen atoms in total. The van der Waals surface area contributed by atoms with Crippen molar-refractivity contribution in [1.82, 2.24) is 9.97 Å². The Morgan fingerprint density at radius 2 is 2.27 bits per heavy atom. The van der Waals surface area contributed by atoms with Crippen molar-refractivity contribution < 1.29 is 9.90 Å². The fourth-order valence-corrected chi connectivity index (χ4v) is 1.96. The zero-order chi connectivity index (χ0) is 11.3. The molecular weight excluding hydrogens is 212 g/mol. The van der Waals surface area contributed by atoms with Crippen LogP contribution >= 0.6 is 11.8 Å². The summed E-state index contributed by atoms with van der Waals surface area (Å²) < 4.78 is 0. The second kappa shape index (κ2) is 5.70. The average Bonchev–Trinajstić information content (AvgIpc) is 2.25. The van der Waals surface area contributed by atoms with Crippen LogP contribution in [0.15, 0.2) is 17.4 Å². The van der Waals surface area contributed by atoms with Gasteiger partial charge in [0, 0.05) is 5.69 Å². The minimum Gasteiger partial charge on any atom is -0.480 e. The van der Waals surface area contributed by atoms with Gasteiger partial charge in [-0.2, -0.15) is 0 Å². The van der Waals surface area contributed by atoms with Gasteiger partial charge in [0.25, 0.3) is 0 Å².